The van der Waals surface area contributed by atoms with E-state index in [4.69, 9.17) is 11.6 Å². The summed E-state index contributed by atoms with van der Waals surface area (Å²) in [6, 6.07) is 8.82. The largest absolute Gasteiger partial charge is 0.480 e. The van der Waals surface area contributed by atoms with E-state index >= 15 is 0 Å². The third kappa shape index (κ3) is 6.13. The number of carboxylic acid groups (broad SMARTS) is 1. The van der Waals surface area contributed by atoms with Crippen molar-refractivity contribution in [1.29, 1.82) is 0 Å². The van der Waals surface area contributed by atoms with Crippen LogP contribution in [0.15, 0.2) is 66.1 Å². The lowest BCUT2D eigenvalue weighted by molar-refractivity contribution is -0.137. The molecule has 6 rings (SSSR count). The van der Waals surface area contributed by atoms with Gasteiger partial charge in [-0.3, -0.25) is 28.6 Å². The number of amides is 1. The predicted molar refractivity (Wildman–Crippen MR) is 162 cm³/mol. The number of aromatic nitrogens is 8. The summed E-state index contributed by atoms with van der Waals surface area (Å²) in [6.45, 7) is 1.36. The van der Waals surface area contributed by atoms with E-state index in [0.717, 1.165) is 6.20 Å². The molecule has 0 fully saturated rings. The van der Waals surface area contributed by atoms with Crippen LogP contribution in [0.4, 0.5) is 14.5 Å². The van der Waals surface area contributed by atoms with Crippen molar-refractivity contribution in [1.82, 2.24) is 39.3 Å². The van der Waals surface area contributed by atoms with Crippen LogP contribution in [-0.4, -0.2) is 56.3 Å². The number of pyridine rings is 1. The number of nitrogens with one attached hydrogen (secondary N) is 1. The molecule has 2 unspecified atom stereocenters. The summed E-state index contributed by atoms with van der Waals surface area (Å²) >= 11 is 6.26. The minimum atomic E-state index is -2.81. The van der Waals surface area contributed by atoms with E-state index < -0.39 is 36.2 Å². The number of carbonyl (C=O) groups is 2. The number of carboxylic acids is 1. The monoisotopic (exact) mass is 649 g/mol. The highest BCUT2D eigenvalue weighted by molar-refractivity contribution is 6.31. The van der Waals surface area contributed by atoms with Crippen LogP contribution in [0, 0.1) is 5.92 Å². The number of fused-ring (bicyclic) bond motifs is 4. The lowest BCUT2D eigenvalue weighted by atomic mass is 9.97. The number of nitrogens with zero attached hydrogens (tertiary/aromatic N) is 8. The molecule has 2 N–H and O–H groups in total. The highest BCUT2D eigenvalue weighted by atomic mass is 35.5. The average Bonchev–Trinajstić information content (AvgIpc) is 3.66. The molecule has 0 saturated carbocycles. The van der Waals surface area contributed by atoms with E-state index in [1.807, 2.05) is 0 Å². The Morgan fingerprint density at radius 3 is 2.72 bits per heavy atom. The van der Waals surface area contributed by atoms with Gasteiger partial charge < -0.3 is 10.4 Å². The average molecular weight is 650 g/mol. The number of alkyl halides is 2. The van der Waals surface area contributed by atoms with Crippen molar-refractivity contribution in [3.05, 3.63) is 88.1 Å². The zero-order chi connectivity index (χ0) is 32.5. The van der Waals surface area contributed by atoms with E-state index in [0.29, 0.717) is 58.2 Å². The zero-order valence-electron chi connectivity index (χ0n) is 24.2. The first-order valence-electron chi connectivity index (χ1n) is 14.2. The van der Waals surface area contributed by atoms with Crippen molar-refractivity contribution in [3.8, 4) is 28.2 Å². The van der Waals surface area contributed by atoms with E-state index in [9.17, 15) is 28.3 Å². The van der Waals surface area contributed by atoms with Gasteiger partial charge in [0.05, 0.1) is 53.2 Å². The summed E-state index contributed by atoms with van der Waals surface area (Å²) in [4.78, 5) is 47.4. The summed E-state index contributed by atoms with van der Waals surface area (Å²) in [5, 5.41) is 24.2. The number of benzene rings is 1. The summed E-state index contributed by atoms with van der Waals surface area (Å²) < 4.78 is 30.3. The minimum Gasteiger partial charge on any atom is -0.480 e. The molecule has 1 amide bonds. The molecular formula is C30H26ClF2N9O4. The summed E-state index contributed by atoms with van der Waals surface area (Å²) in [7, 11) is 0. The van der Waals surface area contributed by atoms with E-state index in [1.54, 1.807) is 43.5 Å². The van der Waals surface area contributed by atoms with Crippen LogP contribution in [0.3, 0.4) is 0 Å². The summed E-state index contributed by atoms with van der Waals surface area (Å²) in [6.07, 6.45) is 4.14. The Morgan fingerprint density at radius 1 is 1.15 bits per heavy atom. The Kier molecular flexibility index (Phi) is 8.41. The molecule has 2 atom stereocenters. The molecule has 0 saturated heterocycles. The van der Waals surface area contributed by atoms with Gasteiger partial charge in [-0.15, -0.1) is 5.10 Å². The van der Waals surface area contributed by atoms with Gasteiger partial charge in [0.2, 0.25) is 5.91 Å². The molecule has 0 aliphatic carbocycles. The van der Waals surface area contributed by atoms with Crippen molar-refractivity contribution in [2.45, 2.75) is 45.2 Å². The van der Waals surface area contributed by atoms with Gasteiger partial charge in [-0.25, -0.2) is 18.4 Å². The molecule has 46 heavy (non-hydrogen) atoms. The maximum absolute atomic E-state index is 13.7. The number of carbonyl (C=O) groups excluding carboxylic acids is 1. The molecule has 236 valence electrons. The van der Waals surface area contributed by atoms with Gasteiger partial charge in [0.1, 0.15) is 12.2 Å². The Labute approximate surface area is 264 Å². The Morgan fingerprint density at radius 2 is 1.98 bits per heavy atom. The molecule has 1 aliphatic heterocycles. The molecule has 5 heterocycles. The Hall–Kier alpha value is -5.31. The van der Waals surface area contributed by atoms with Crippen LogP contribution in [0.1, 0.15) is 50.0 Å². The smallest absolute Gasteiger partial charge is 0.325 e. The maximum Gasteiger partial charge on any atom is 0.325 e. The second kappa shape index (κ2) is 12.6. The number of anilines is 1. The second-order valence-electron chi connectivity index (χ2n) is 10.8. The van der Waals surface area contributed by atoms with Gasteiger partial charge in [0.15, 0.2) is 0 Å². The molecule has 4 aromatic heterocycles. The van der Waals surface area contributed by atoms with Gasteiger partial charge in [-0.1, -0.05) is 30.2 Å². The SMILES string of the molecule is CC1CCCC(n2cnc(-c3cc(Cl)ccc3-n3cc(C(F)F)nn3)cc2=O)c2cc(ccn2)-c2c(cnn2CC(=O)O)NC1=O. The molecule has 0 radical (unpaired) electrons. The summed E-state index contributed by atoms with van der Waals surface area (Å²) in [5.41, 5.74) is 1.85. The topological polar surface area (TPSA) is 163 Å². The second-order valence-corrected chi connectivity index (χ2v) is 11.3. The van der Waals surface area contributed by atoms with Crippen molar-refractivity contribution >= 4 is 29.2 Å². The fraction of sp³-hybridized carbons (Fsp3) is 0.267. The van der Waals surface area contributed by atoms with Crippen LogP contribution in [0.2, 0.25) is 5.02 Å². The minimum absolute atomic E-state index is 0.232. The first kappa shape index (κ1) is 30.7. The first-order chi connectivity index (χ1) is 22.1. The quantitative estimate of drug-likeness (QED) is 0.264. The number of hydrogen-bond donors (Lipinski definition) is 2. The molecule has 1 aliphatic rings. The molecule has 1 aromatic carbocycles. The normalized spacial score (nSPS) is 16.8. The van der Waals surface area contributed by atoms with Crippen LogP contribution < -0.4 is 10.9 Å². The molecule has 5 aromatic rings. The molecular weight excluding hydrogens is 624 g/mol. The van der Waals surface area contributed by atoms with Crippen LogP contribution in [0.25, 0.3) is 28.2 Å². The molecule has 16 heteroatoms. The predicted octanol–water partition coefficient (Wildman–Crippen LogP) is 4.77. The van der Waals surface area contributed by atoms with Crippen LogP contribution in [0.5, 0.6) is 0 Å². The lowest BCUT2D eigenvalue weighted by Crippen LogP contribution is -2.27. The fourth-order valence-corrected chi connectivity index (χ4v) is 5.61. The number of rotatable bonds is 6. The van der Waals surface area contributed by atoms with Crippen LogP contribution >= 0.6 is 11.6 Å². The number of halogens is 3. The third-order valence-electron chi connectivity index (χ3n) is 7.73. The molecule has 0 spiro atoms. The number of hydrogen-bond acceptors (Lipinski definition) is 8. The highest BCUT2D eigenvalue weighted by Crippen LogP contribution is 2.33. The summed E-state index contributed by atoms with van der Waals surface area (Å²) in [5.74, 6) is -1.73. The van der Waals surface area contributed by atoms with Gasteiger partial charge in [0.25, 0.3) is 12.0 Å². The van der Waals surface area contributed by atoms with Crippen molar-refractivity contribution < 1.29 is 23.5 Å². The zero-order valence-corrected chi connectivity index (χ0v) is 25.0. The van der Waals surface area contributed by atoms with E-state index in [2.05, 4.69) is 30.7 Å². The third-order valence-corrected chi connectivity index (χ3v) is 7.96. The Balaban J connectivity index is 1.43. The maximum atomic E-state index is 13.7. The highest BCUT2D eigenvalue weighted by Gasteiger charge is 2.25. The van der Waals surface area contributed by atoms with E-state index in [1.165, 1.54) is 32.5 Å². The first-order valence-corrected chi connectivity index (χ1v) is 14.6. The van der Waals surface area contributed by atoms with Gasteiger partial charge in [0, 0.05) is 34.3 Å². The van der Waals surface area contributed by atoms with Crippen LogP contribution in [-0.2, 0) is 16.1 Å². The van der Waals surface area contributed by atoms with Crippen molar-refractivity contribution in [3.63, 3.8) is 0 Å². The fourth-order valence-electron chi connectivity index (χ4n) is 5.44. The van der Waals surface area contributed by atoms with E-state index in [-0.39, 0.29) is 17.5 Å². The lowest BCUT2D eigenvalue weighted by Gasteiger charge is -2.22. The van der Waals surface area contributed by atoms with Crippen molar-refractivity contribution in [2.24, 2.45) is 5.92 Å². The van der Waals surface area contributed by atoms with Crippen molar-refractivity contribution in [2.75, 3.05) is 5.32 Å². The molecule has 13 nitrogen and oxygen atoms in total. The van der Waals surface area contributed by atoms with Gasteiger partial charge in [-0.05, 0) is 43.2 Å². The Bertz CT molecular complexity index is 2010. The van der Waals surface area contributed by atoms with Gasteiger partial charge in [-0.2, -0.15) is 5.10 Å². The van der Waals surface area contributed by atoms with Gasteiger partial charge >= 0.3 is 5.97 Å². The number of aliphatic carboxylic acids is 1. The standard InChI is InChI=1S/C30H26ClF2N9O4/c1-16-3-2-4-25(21-9-17(7-8-34-21)28-22(37-30(16)46)12-36-42(28)14-27(44)45)40-15-35-20(11-26(40)43)19-10-18(31)5-6-24(19)41-13-23(29(32)33)38-39-41/h5-13,15-16,25,29H,2-4,14H2,1H3,(H,37,46)(H,44,45). The molecule has 2 bridgehead atoms.